The van der Waals surface area contributed by atoms with Crippen LogP contribution in [0.4, 0.5) is 11.4 Å². The van der Waals surface area contributed by atoms with Gasteiger partial charge in [-0.2, -0.15) is 0 Å². The number of amides is 3. The lowest BCUT2D eigenvalue weighted by atomic mass is 10.1. The summed E-state index contributed by atoms with van der Waals surface area (Å²) in [5.74, 6) is -0.434. The van der Waals surface area contributed by atoms with Crippen molar-refractivity contribution in [2.75, 3.05) is 10.6 Å². The third-order valence-electron chi connectivity index (χ3n) is 8.13. The summed E-state index contributed by atoms with van der Waals surface area (Å²) in [5, 5.41) is 8.69. The molecule has 0 aromatic heterocycles. The monoisotopic (exact) mass is 737 g/mol. The summed E-state index contributed by atoms with van der Waals surface area (Å²) in [5.41, 5.74) is 5.13. The number of benzene rings is 6. The number of hydrogen-bond donors (Lipinski definition) is 3. The van der Waals surface area contributed by atoms with E-state index in [-0.39, 0.29) is 11.6 Å². The maximum atomic E-state index is 13.7. The highest BCUT2D eigenvalue weighted by Gasteiger charge is 2.23. The van der Waals surface area contributed by atoms with Crippen LogP contribution in [0.2, 0.25) is 5.02 Å². The number of rotatable bonds is 13. The van der Waals surface area contributed by atoms with Crippen molar-refractivity contribution in [1.82, 2.24) is 5.32 Å². The second-order valence-electron chi connectivity index (χ2n) is 12.1. The molecular weight excluding hydrogens is 702 g/mol. The number of carbonyl (C=O) groups is 3. The van der Waals surface area contributed by atoms with Gasteiger partial charge in [-0.05, 0) is 95.9 Å². The maximum Gasteiger partial charge on any atom is 0.272 e. The third kappa shape index (κ3) is 10.5. The van der Waals surface area contributed by atoms with Gasteiger partial charge in [-0.15, -0.1) is 11.8 Å². The minimum atomic E-state index is -0.562. The standard InChI is InChI=1S/C44H36ClN3O4S/c1-30-17-20-35(45)28-39(30)47-44(51)41(33-13-7-3-8-14-33)53-38-25-21-36(22-26-38)46-43(50)40(48-42(49)34-15-9-4-10-16-34)27-31-18-23-37(24-19-31)52-29-32-11-5-2-6-12-32/h2-28,41H,29H2,1H3,(H,46,50)(H,47,51)(H,48,49)/b40-27-. The largest absolute Gasteiger partial charge is 0.489 e. The van der Waals surface area contributed by atoms with Crippen molar-refractivity contribution < 1.29 is 19.1 Å². The molecule has 0 radical (unpaired) electrons. The van der Waals surface area contributed by atoms with Gasteiger partial charge in [0.15, 0.2) is 0 Å². The van der Waals surface area contributed by atoms with E-state index in [9.17, 15) is 14.4 Å². The van der Waals surface area contributed by atoms with Gasteiger partial charge in [-0.25, -0.2) is 0 Å². The van der Waals surface area contributed by atoms with E-state index in [2.05, 4.69) is 16.0 Å². The molecule has 0 aliphatic heterocycles. The van der Waals surface area contributed by atoms with Crippen LogP contribution in [0.1, 0.15) is 37.9 Å². The van der Waals surface area contributed by atoms with Crippen LogP contribution < -0.4 is 20.7 Å². The Bertz CT molecular complexity index is 2200. The summed E-state index contributed by atoms with van der Waals surface area (Å²) < 4.78 is 5.91. The Morgan fingerprint density at radius 1 is 0.736 bits per heavy atom. The molecule has 6 aromatic rings. The molecule has 0 saturated carbocycles. The van der Waals surface area contributed by atoms with E-state index in [1.54, 1.807) is 54.6 Å². The summed E-state index contributed by atoms with van der Waals surface area (Å²) in [4.78, 5) is 41.3. The predicted octanol–water partition coefficient (Wildman–Crippen LogP) is 10.1. The molecule has 9 heteroatoms. The van der Waals surface area contributed by atoms with Gasteiger partial charge in [0.1, 0.15) is 23.3 Å². The number of nitrogens with one attached hydrogen (secondary N) is 3. The van der Waals surface area contributed by atoms with Gasteiger partial charge in [0.05, 0.1) is 0 Å². The van der Waals surface area contributed by atoms with Crippen LogP contribution in [0, 0.1) is 6.92 Å². The molecule has 6 aromatic carbocycles. The average molecular weight is 738 g/mol. The average Bonchev–Trinajstić information content (AvgIpc) is 3.19. The lowest BCUT2D eigenvalue weighted by molar-refractivity contribution is -0.116. The van der Waals surface area contributed by atoms with Gasteiger partial charge in [0.2, 0.25) is 5.91 Å². The molecule has 0 fully saturated rings. The zero-order valence-electron chi connectivity index (χ0n) is 28.8. The van der Waals surface area contributed by atoms with E-state index in [4.69, 9.17) is 16.3 Å². The maximum absolute atomic E-state index is 13.7. The van der Waals surface area contributed by atoms with Crippen LogP contribution >= 0.6 is 23.4 Å². The second kappa shape index (κ2) is 17.9. The molecule has 3 N–H and O–H groups in total. The molecule has 6 rings (SSSR count). The van der Waals surface area contributed by atoms with Gasteiger partial charge < -0.3 is 20.7 Å². The van der Waals surface area contributed by atoms with Crippen LogP contribution in [0.15, 0.2) is 168 Å². The molecule has 0 spiro atoms. The van der Waals surface area contributed by atoms with E-state index >= 15 is 0 Å². The summed E-state index contributed by atoms with van der Waals surface area (Å²) in [7, 11) is 0. The zero-order valence-corrected chi connectivity index (χ0v) is 30.4. The smallest absolute Gasteiger partial charge is 0.272 e. The number of aryl methyl sites for hydroxylation is 1. The minimum Gasteiger partial charge on any atom is -0.489 e. The van der Waals surface area contributed by atoms with Crippen LogP contribution in [-0.4, -0.2) is 17.7 Å². The Balaban J connectivity index is 1.17. The van der Waals surface area contributed by atoms with Crippen LogP contribution in [-0.2, 0) is 16.2 Å². The number of ether oxygens (including phenoxy) is 1. The van der Waals surface area contributed by atoms with Crippen LogP contribution in [0.5, 0.6) is 5.75 Å². The Labute approximate surface area is 318 Å². The molecule has 0 heterocycles. The molecule has 264 valence electrons. The van der Waals surface area contributed by atoms with E-state index in [1.165, 1.54) is 11.8 Å². The van der Waals surface area contributed by atoms with Crippen molar-refractivity contribution in [2.45, 2.75) is 23.7 Å². The highest BCUT2D eigenvalue weighted by molar-refractivity contribution is 8.00. The first-order valence-electron chi connectivity index (χ1n) is 16.9. The molecule has 53 heavy (non-hydrogen) atoms. The molecule has 3 amide bonds. The molecule has 0 aliphatic carbocycles. The zero-order chi connectivity index (χ0) is 37.0. The van der Waals surface area contributed by atoms with Crippen molar-refractivity contribution in [1.29, 1.82) is 0 Å². The molecular formula is C44H36ClN3O4S. The van der Waals surface area contributed by atoms with Crippen LogP contribution in [0.25, 0.3) is 6.08 Å². The fraction of sp³-hybridized carbons (Fsp3) is 0.0682. The quantitative estimate of drug-likeness (QED) is 0.0810. The molecule has 7 nitrogen and oxygen atoms in total. The predicted molar refractivity (Wildman–Crippen MR) is 214 cm³/mol. The Hall–Kier alpha value is -6.09. The highest BCUT2D eigenvalue weighted by atomic mass is 35.5. The Morgan fingerprint density at radius 2 is 1.38 bits per heavy atom. The number of anilines is 2. The number of thioether (sulfide) groups is 1. The summed E-state index contributed by atoms with van der Waals surface area (Å²) in [6, 6.07) is 48.0. The molecule has 1 atom stereocenters. The fourth-order valence-electron chi connectivity index (χ4n) is 5.29. The fourth-order valence-corrected chi connectivity index (χ4v) is 6.49. The van der Waals surface area contributed by atoms with Gasteiger partial charge in [0.25, 0.3) is 11.8 Å². The second-order valence-corrected chi connectivity index (χ2v) is 13.7. The summed E-state index contributed by atoms with van der Waals surface area (Å²) in [6.07, 6.45) is 1.62. The Morgan fingerprint density at radius 3 is 2.06 bits per heavy atom. The summed E-state index contributed by atoms with van der Waals surface area (Å²) in [6.45, 7) is 2.34. The first-order valence-corrected chi connectivity index (χ1v) is 18.1. The molecule has 1 unspecified atom stereocenters. The van der Waals surface area contributed by atoms with Crippen LogP contribution in [0.3, 0.4) is 0 Å². The number of hydrogen-bond acceptors (Lipinski definition) is 5. The van der Waals surface area contributed by atoms with Crippen molar-refractivity contribution in [2.24, 2.45) is 0 Å². The molecule has 0 saturated heterocycles. The van der Waals surface area contributed by atoms with E-state index in [0.717, 1.165) is 21.6 Å². The van der Waals surface area contributed by atoms with Gasteiger partial charge >= 0.3 is 0 Å². The summed E-state index contributed by atoms with van der Waals surface area (Å²) >= 11 is 7.60. The SMILES string of the molecule is Cc1ccc(Cl)cc1NC(=O)C(Sc1ccc(NC(=O)/C(=C/c2ccc(OCc3ccccc3)cc2)NC(=O)c2ccccc2)cc1)c1ccccc1. The van der Waals surface area contributed by atoms with Gasteiger partial charge in [0, 0.05) is 26.9 Å². The minimum absolute atomic E-state index is 0.0624. The van der Waals surface area contributed by atoms with Crippen molar-refractivity contribution >= 4 is 58.5 Å². The highest BCUT2D eigenvalue weighted by Crippen LogP contribution is 2.37. The lowest BCUT2D eigenvalue weighted by Gasteiger charge is -2.18. The third-order valence-corrected chi connectivity index (χ3v) is 9.63. The van der Waals surface area contributed by atoms with Gasteiger partial charge in [-0.3, -0.25) is 14.4 Å². The first kappa shape index (κ1) is 36.7. The lowest BCUT2D eigenvalue weighted by Crippen LogP contribution is -2.30. The van der Waals surface area contributed by atoms with Crippen molar-refractivity contribution in [3.63, 3.8) is 0 Å². The normalized spacial score (nSPS) is 11.6. The van der Waals surface area contributed by atoms with Gasteiger partial charge in [-0.1, -0.05) is 109 Å². The van der Waals surface area contributed by atoms with Crippen molar-refractivity contribution in [3.05, 3.63) is 196 Å². The van der Waals surface area contributed by atoms with Crippen molar-refractivity contribution in [3.8, 4) is 5.75 Å². The first-order chi connectivity index (χ1) is 25.8. The molecule has 0 bridgehead atoms. The van der Waals surface area contributed by atoms with E-state index in [1.807, 2.05) is 116 Å². The van der Waals surface area contributed by atoms with E-state index < -0.39 is 17.1 Å². The number of halogens is 1. The van der Waals surface area contributed by atoms with E-state index in [0.29, 0.717) is 39.9 Å². The topological polar surface area (TPSA) is 96.5 Å². The number of carbonyl (C=O) groups excluding carboxylic acids is 3. The molecule has 0 aliphatic rings. The Kier molecular flexibility index (Phi) is 12.4.